The number of nitrogens with zero attached hydrogens (tertiary/aromatic N) is 6. The first-order chi connectivity index (χ1) is 28.7. The number of hydrogen-bond donors (Lipinski definition) is 1. The number of thioether (sulfide) groups is 1. The van der Waals surface area contributed by atoms with Crippen LogP contribution >= 0.6 is 45.8 Å². The van der Waals surface area contributed by atoms with Crippen LogP contribution in [0.5, 0.6) is 0 Å². The summed E-state index contributed by atoms with van der Waals surface area (Å²) in [6.45, 7) is 18.7. The van der Waals surface area contributed by atoms with Gasteiger partial charge in [0.05, 0.1) is 15.3 Å². The number of thiophene rings is 3. The molecule has 0 spiro atoms. The van der Waals surface area contributed by atoms with Gasteiger partial charge in [0, 0.05) is 18.2 Å². The maximum absolute atomic E-state index is 12.3. The van der Waals surface area contributed by atoms with E-state index < -0.39 is 0 Å². The number of nitrogens with one attached hydrogen (secondary N) is 1. The van der Waals surface area contributed by atoms with Gasteiger partial charge >= 0.3 is 5.82 Å². The van der Waals surface area contributed by atoms with Crippen molar-refractivity contribution in [2.75, 3.05) is 6.26 Å². The molecule has 12 heteroatoms. The van der Waals surface area contributed by atoms with Gasteiger partial charge in [0.15, 0.2) is 11.6 Å². The molecule has 1 amide bonds. The summed E-state index contributed by atoms with van der Waals surface area (Å²) in [6, 6.07) is 25.0. The number of aromatic nitrogens is 6. The van der Waals surface area contributed by atoms with Crippen molar-refractivity contribution in [3.05, 3.63) is 149 Å². The van der Waals surface area contributed by atoms with Crippen molar-refractivity contribution in [3.63, 3.8) is 0 Å². The Labute approximate surface area is 370 Å². The van der Waals surface area contributed by atoms with Crippen LogP contribution in [0.15, 0.2) is 93.9 Å². The fourth-order valence-corrected chi connectivity index (χ4v) is 10.4. The van der Waals surface area contributed by atoms with E-state index >= 15 is 0 Å². The van der Waals surface area contributed by atoms with Gasteiger partial charge in [0.25, 0.3) is 11.7 Å². The van der Waals surface area contributed by atoms with Crippen molar-refractivity contribution in [1.29, 1.82) is 0 Å². The zero-order valence-corrected chi connectivity index (χ0v) is 39.7. The van der Waals surface area contributed by atoms with Crippen LogP contribution in [0.4, 0.5) is 0 Å². The monoisotopic (exact) mass is 870 g/mol. The number of aromatic amines is 1. The highest BCUT2D eigenvalue weighted by Gasteiger charge is 2.25. The summed E-state index contributed by atoms with van der Waals surface area (Å²) in [5.41, 5.74) is 14.2. The molecule has 8 nitrogen and oxygen atoms in total. The summed E-state index contributed by atoms with van der Waals surface area (Å²) in [5.74, 6) is 3.53. The number of carbonyl (C=O) groups is 1. The SMILES string of the molecule is CSC(=NC(=O)c1sccc1C)c1c(C)cccc1C.Cc1ccsc1-c1nc(-c2c(C)cccc2C)[n+](C)[nH]1.Cc1ccsc1-c1nc(-c2c(C)cccc2C)nn1C. The van der Waals surface area contributed by atoms with Crippen LogP contribution in [0.25, 0.3) is 44.2 Å². The van der Waals surface area contributed by atoms with E-state index in [4.69, 9.17) is 9.97 Å². The molecule has 0 saturated carbocycles. The van der Waals surface area contributed by atoms with Crippen molar-refractivity contribution in [2.24, 2.45) is 19.1 Å². The molecule has 60 heavy (non-hydrogen) atoms. The van der Waals surface area contributed by atoms with Crippen molar-refractivity contribution in [2.45, 2.75) is 62.3 Å². The predicted octanol–water partition coefficient (Wildman–Crippen LogP) is 12.3. The van der Waals surface area contributed by atoms with E-state index in [2.05, 4.69) is 142 Å². The van der Waals surface area contributed by atoms with Crippen LogP contribution in [0.3, 0.4) is 0 Å². The molecule has 0 saturated heterocycles. The van der Waals surface area contributed by atoms with Gasteiger partial charge in [-0.15, -0.1) is 45.8 Å². The van der Waals surface area contributed by atoms with E-state index in [1.54, 1.807) is 22.7 Å². The minimum absolute atomic E-state index is 0.149. The molecular weight excluding hydrogens is 819 g/mol. The Balaban J connectivity index is 0.000000151. The molecule has 8 rings (SSSR count). The summed E-state index contributed by atoms with van der Waals surface area (Å²) in [7, 11) is 3.97. The van der Waals surface area contributed by atoms with Crippen molar-refractivity contribution in [1.82, 2.24) is 24.8 Å². The lowest BCUT2D eigenvalue weighted by Gasteiger charge is -2.10. The second-order valence-corrected chi connectivity index (χ2v) is 18.4. The highest BCUT2D eigenvalue weighted by molar-refractivity contribution is 8.13. The van der Waals surface area contributed by atoms with Crippen LogP contribution in [0, 0.1) is 62.3 Å². The van der Waals surface area contributed by atoms with Gasteiger partial charge in [0.1, 0.15) is 17.0 Å². The summed E-state index contributed by atoms with van der Waals surface area (Å²) in [4.78, 5) is 29.4. The second kappa shape index (κ2) is 19.4. The van der Waals surface area contributed by atoms with Gasteiger partial charge in [0.2, 0.25) is 0 Å². The van der Waals surface area contributed by atoms with Crippen LogP contribution in [0.2, 0.25) is 0 Å². The summed E-state index contributed by atoms with van der Waals surface area (Å²) >= 11 is 6.40. The molecule has 0 unspecified atom stereocenters. The molecule has 308 valence electrons. The number of benzene rings is 3. The van der Waals surface area contributed by atoms with E-state index in [0.29, 0.717) is 0 Å². The van der Waals surface area contributed by atoms with Crippen molar-refractivity contribution < 1.29 is 9.48 Å². The number of aliphatic imine (C=N–C) groups is 1. The lowest BCUT2D eigenvalue weighted by Crippen LogP contribution is -2.32. The third kappa shape index (κ3) is 9.68. The fourth-order valence-electron chi connectivity index (χ4n) is 7.07. The molecule has 0 aliphatic rings. The Morgan fingerprint density at radius 3 is 1.65 bits per heavy atom. The van der Waals surface area contributed by atoms with Gasteiger partial charge < -0.3 is 0 Å². The predicted molar refractivity (Wildman–Crippen MR) is 256 cm³/mol. The smallest absolute Gasteiger partial charge is 0.266 e. The number of H-pyrrole nitrogens is 1. The van der Waals surface area contributed by atoms with Crippen molar-refractivity contribution in [3.8, 4) is 44.2 Å². The van der Waals surface area contributed by atoms with E-state index in [1.807, 2.05) is 54.2 Å². The summed E-state index contributed by atoms with van der Waals surface area (Å²) < 4.78 is 3.88. The number of aryl methyl sites for hydroxylation is 11. The van der Waals surface area contributed by atoms with Gasteiger partial charge in [-0.1, -0.05) is 54.6 Å². The van der Waals surface area contributed by atoms with Crippen LogP contribution < -0.4 is 4.68 Å². The Kier molecular flexibility index (Phi) is 14.3. The summed E-state index contributed by atoms with van der Waals surface area (Å²) in [5, 5.41) is 14.9. The average Bonchev–Trinajstić information content (AvgIpc) is 4.05. The zero-order valence-electron chi connectivity index (χ0n) is 36.4. The Morgan fingerprint density at radius 1 is 0.650 bits per heavy atom. The molecule has 3 aromatic carbocycles. The topological polar surface area (TPSA) is 92.7 Å². The van der Waals surface area contributed by atoms with Gasteiger partial charge in [-0.25, -0.2) is 14.7 Å². The minimum Gasteiger partial charge on any atom is -0.266 e. The maximum Gasteiger partial charge on any atom is 0.351 e. The minimum atomic E-state index is -0.149. The summed E-state index contributed by atoms with van der Waals surface area (Å²) in [6.07, 6.45) is 1.96. The standard InChI is InChI=1S/2C16H17N3S.C16H17NOS2/c1-10-6-5-7-11(2)13(10)16-17-15(18-19(16)4)14-12(3)8-9-20-14;1-10-6-5-7-11(2)13(10)15-17-16(19(4)18-15)14-12(3)8-9-20-14;1-10-6-5-7-11(2)13(10)16(19-4)17-15(18)14-12(3)8-9-20-14/h3*5-9H,1-4H3/p+1. The van der Waals surface area contributed by atoms with E-state index in [9.17, 15) is 4.79 Å². The van der Waals surface area contributed by atoms with Crippen LogP contribution in [-0.4, -0.2) is 42.1 Å². The zero-order chi connectivity index (χ0) is 43.2. The Bertz CT molecular complexity index is 2750. The molecule has 0 radical (unpaired) electrons. The van der Waals surface area contributed by atoms with Gasteiger partial charge in [-0.2, -0.15) is 14.9 Å². The fraction of sp³-hybridized carbons (Fsp3) is 0.250. The molecule has 0 fully saturated rings. The van der Waals surface area contributed by atoms with E-state index in [1.165, 1.54) is 71.8 Å². The molecule has 0 aliphatic carbocycles. The lowest BCUT2D eigenvalue weighted by atomic mass is 10.0. The quantitative estimate of drug-likeness (QED) is 0.102. The molecule has 0 bridgehead atoms. The van der Waals surface area contributed by atoms with Gasteiger partial charge in [-0.05, 0) is 158 Å². The Morgan fingerprint density at radius 2 is 1.15 bits per heavy atom. The number of carbonyl (C=O) groups excluding carboxylic acids is 1. The number of amides is 1. The molecule has 5 aromatic heterocycles. The van der Waals surface area contributed by atoms with E-state index in [-0.39, 0.29) is 5.91 Å². The first kappa shape index (κ1) is 44.3. The first-order valence-electron chi connectivity index (χ1n) is 19.6. The van der Waals surface area contributed by atoms with E-state index in [0.717, 1.165) is 61.0 Å². The molecule has 5 heterocycles. The molecule has 0 aliphatic heterocycles. The molecule has 8 aromatic rings. The molecular formula is C48H52N7OS4+. The number of hydrogen-bond acceptors (Lipinski definition) is 8. The average molecular weight is 871 g/mol. The van der Waals surface area contributed by atoms with Gasteiger partial charge in [-0.3, -0.25) is 4.79 Å². The van der Waals surface area contributed by atoms with Crippen LogP contribution in [0.1, 0.15) is 65.3 Å². The first-order valence-corrected chi connectivity index (χ1v) is 23.4. The largest absolute Gasteiger partial charge is 0.351 e. The maximum atomic E-state index is 12.3. The highest BCUT2D eigenvalue weighted by Crippen LogP contribution is 2.32. The Hall–Kier alpha value is -5.27. The lowest BCUT2D eigenvalue weighted by molar-refractivity contribution is -0.716. The second-order valence-electron chi connectivity index (χ2n) is 14.9. The molecule has 1 N–H and O–H groups in total. The number of rotatable bonds is 6. The third-order valence-corrected chi connectivity index (χ3v) is 14.0. The highest BCUT2D eigenvalue weighted by atomic mass is 32.2. The third-order valence-electron chi connectivity index (χ3n) is 10.3. The molecule has 0 atom stereocenters. The van der Waals surface area contributed by atoms with Crippen molar-refractivity contribution >= 4 is 56.7 Å². The van der Waals surface area contributed by atoms with Crippen LogP contribution in [-0.2, 0) is 14.1 Å². The normalized spacial score (nSPS) is 11.2.